The van der Waals surface area contributed by atoms with Crippen LogP contribution >= 0.6 is 11.8 Å². The summed E-state index contributed by atoms with van der Waals surface area (Å²) in [6.45, 7) is 0. The van der Waals surface area contributed by atoms with Crippen molar-refractivity contribution < 1.29 is 31.9 Å². The molecule has 3 amide bonds. The summed E-state index contributed by atoms with van der Waals surface area (Å²) in [5.41, 5.74) is 2.08. The molecule has 0 aliphatic heterocycles. The number of hydrogen-bond donors (Lipinski definition) is 3. The molecule has 5 aromatic carbocycles. The number of nitrogens with one attached hydrogen (secondary N) is 3. The molecule has 6 nitrogen and oxygen atoms in total. The topological polar surface area (TPSA) is 87.3 Å². The second kappa shape index (κ2) is 15.1. The van der Waals surface area contributed by atoms with Gasteiger partial charge in [-0.2, -0.15) is 0 Å². The van der Waals surface area contributed by atoms with Crippen molar-refractivity contribution in [3.05, 3.63) is 155 Å². The molecule has 0 aliphatic carbocycles. The highest BCUT2D eigenvalue weighted by molar-refractivity contribution is 8.00. The summed E-state index contributed by atoms with van der Waals surface area (Å²) >= 11 is 0.947. The first-order valence-corrected chi connectivity index (χ1v) is 15.1. The molecule has 0 spiro atoms. The Kier molecular flexibility index (Phi) is 10.5. The van der Waals surface area contributed by atoms with Gasteiger partial charge in [0.05, 0.1) is 5.75 Å². The van der Waals surface area contributed by atoms with Gasteiger partial charge in [0, 0.05) is 22.2 Å². The number of anilines is 2. The summed E-state index contributed by atoms with van der Waals surface area (Å²) in [6, 6.07) is 32.0. The minimum absolute atomic E-state index is 0.0323. The third kappa shape index (κ3) is 8.53. The molecule has 0 atom stereocenters. The summed E-state index contributed by atoms with van der Waals surface area (Å²) in [4.78, 5) is 39.3. The highest BCUT2D eigenvalue weighted by Gasteiger charge is 2.21. The smallest absolute Gasteiger partial charge is 0.272 e. The summed E-state index contributed by atoms with van der Waals surface area (Å²) in [6.07, 6.45) is 1.54. The van der Waals surface area contributed by atoms with Gasteiger partial charge in [0.25, 0.3) is 11.8 Å². The number of benzene rings is 5. The van der Waals surface area contributed by atoms with E-state index in [0.717, 1.165) is 22.9 Å². The van der Waals surface area contributed by atoms with E-state index in [0.29, 0.717) is 21.7 Å². The number of thioether (sulfide) groups is 1. The van der Waals surface area contributed by atoms with Crippen molar-refractivity contribution in [2.75, 3.05) is 16.4 Å². The van der Waals surface area contributed by atoms with E-state index < -0.39 is 46.7 Å². The van der Waals surface area contributed by atoms with E-state index in [9.17, 15) is 31.9 Å². The third-order valence-electron chi connectivity index (χ3n) is 6.70. The van der Waals surface area contributed by atoms with Crippen LogP contribution in [0.4, 0.5) is 28.9 Å². The Labute approximate surface area is 271 Å². The Hall–Kier alpha value is -5.68. The second-order valence-corrected chi connectivity index (χ2v) is 11.1. The summed E-state index contributed by atoms with van der Waals surface area (Å²) in [7, 11) is 0. The lowest BCUT2D eigenvalue weighted by Crippen LogP contribution is -2.30. The molecule has 0 aromatic heterocycles. The van der Waals surface area contributed by atoms with Gasteiger partial charge in [-0.05, 0) is 53.1 Å². The number of carbonyl (C=O) groups excluding carboxylic acids is 3. The van der Waals surface area contributed by atoms with Crippen molar-refractivity contribution in [3.63, 3.8) is 0 Å². The molecule has 47 heavy (non-hydrogen) atoms. The molecule has 11 heteroatoms. The molecular formula is C36H25F4N3O3S. The normalized spacial score (nSPS) is 11.1. The fourth-order valence-corrected chi connectivity index (χ4v) is 5.14. The maximum Gasteiger partial charge on any atom is 0.272 e. The first-order valence-electron chi connectivity index (χ1n) is 14.1. The molecule has 0 saturated heterocycles. The average Bonchev–Trinajstić information content (AvgIpc) is 3.09. The van der Waals surface area contributed by atoms with E-state index in [4.69, 9.17) is 0 Å². The summed E-state index contributed by atoms with van der Waals surface area (Å²) < 4.78 is 54.8. The highest BCUT2D eigenvalue weighted by Crippen LogP contribution is 2.26. The molecule has 0 fully saturated rings. The first kappa shape index (κ1) is 32.7. The summed E-state index contributed by atoms with van der Waals surface area (Å²) in [5, 5.41) is 7.27. The van der Waals surface area contributed by atoms with E-state index in [1.807, 2.05) is 59.9 Å². The molecule has 3 N–H and O–H groups in total. The Balaban J connectivity index is 1.30. The van der Waals surface area contributed by atoms with Crippen LogP contribution in [0, 0.1) is 23.3 Å². The van der Waals surface area contributed by atoms with Crippen molar-refractivity contribution in [2.24, 2.45) is 0 Å². The molecular weight excluding hydrogens is 630 g/mol. The van der Waals surface area contributed by atoms with E-state index in [-0.39, 0.29) is 17.5 Å². The van der Waals surface area contributed by atoms with Gasteiger partial charge in [-0.15, -0.1) is 11.8 Å². The molecule has 0 unspecified atom stereocenters. The fourth-order valence-electron chi connectivity index (χ4n) is 4.38. The van der Waals surface area contributed by atoms with Gasteiger partial charge in [-0.25, -0.2) is 17.6 Å². The van der Waals surface area contributed by atoms with Crippen molar-refractivity contribution in [1.82, 2.24) is 5.32 Å². The minimum atomic E-state index is -1.72. The van der Waals surface area contributed by atoms with Gasteiger partial charge in [0.15, 0.2) is 23.3 Å². The maximum atomic E-state index is 13.9. The summed E-state index contributed by atoms with van der Waals surface area (Å²) in [5.74, 6) is -9.13. The molecule has 5 aromatic rings. The third-order valence-corrected chi connectivity index (χ3v) is 7.69. The lowest BCUT2D eigenvalue weighted by Gasteiger charge is -2.13. The predicted octanol–water partition coefficient (Wildman–Crippen LogP) is 8.05. The zero-order valence-electron chi connectivity index (χ0n) is 24.4. The number of halogens is 4. The van der Waals surface area contributed by atoms with E-state index in [1.54, 1.807) is 60.7 Å². The van der Waals surface area contributed by atoms with Crippen molar-refractivity contribution in [1.29, 1.82) is 0 Å². The van der Waals surface area contributed by atoms with Crippen LogP contribution in [0.15, 0.2) is 126 Å². The quantitative estimate of drug-likeness (QED) is 0.0615. The molecule has 236 valence electrons. The van der Waals surface area contributed by atoms with Crippen molar-refractivity contribution >= 4 is 46.9 Å². The average molecular weight is 656 g/mol. The number of amides is 3. The lowest BCUT2D eigenvalue weighted by atomic mass is 10.0. The lowest BCUT2D eigenvalue weighted by molar-refractivity contribution is -0.114. The van der Waals surface area contributed by atoms with E-state index >= 15 is 0 Å². The Morgan fingerprint density at radius 3 is 1.94 bits per heavy atom. The SMILES string of the molecule is O=C(CSc1cccc(NC(=O)/C(=C\c2ccc(-c3ccccc3)cc2)NC(=O)c2ccccc2)c1)Nc1c(F)c(F)cc(F)c1F. The van der Waals surface area contributed by atoms with Crippen LogP contribution < -0.4 is 16.0 Å². The van der Waals surface area contributed by atoms with E-state index in [1.165, 1.54) is 0 Å². The van der Waals surface area contributed by atoms with Crippen LogP contribution in [0.25, 0.3) is 17.2 Å². The monoisotopic (exact) mass is 655 g/mol. The fraction of sp³-hybridized carbons (Fsp3) is 0.0278. The maximum absolute atomic E-state index is 13.9. The molecule has 0 saturated carbocycles. The largest absolute Gasteiger partial charge is 0.321 e. The van der Waals surface area contributed by atoms with Crippen LogP contribution in [-0.2, 0) is 9.59 Å². The second-order valence-electron chi connectivity index (χ2n) is 10.0. The van der Waals surface area contributed by atoms with Crippen LogP contribution in [-0.4, -0.2) is 23.5 Å². The van der Waals surface area contributed by atoms with Gasteiger partial charge < -0.3 is 16.0 Å². The zero-order chi connectivity index (χ0) is 33.3. The van der Waals surface area contributed by atoms with Crippen LogP contribution in [0.1, 0.15) is 15.9 Å². The van der Waals surface area contributed by atoms with Crippen LogP contribution in [0.5, 0.6) is 0 Å². The Morgan fingerprint density at radius 1 is 0.660 bits per heavy atom. The molecule has 5 rings (SSSR count). The Morgan fingerprint density at radius 2 is 1.28 bits per heavy atom. The minimum Gasteiger partial charge on any atom is -0.321 e. The predicted molar refractivity (Wildman–Crippen MR) is 174 cm³/mol. The number of hydrogen-bond acceptors (Lipinski definition) is 4. The van der Waals surface area contributed by atoms with Gasteiger partial charge in [0.2, 0.25) is 5.91 Å². The van der Waals surface area contributed by atoms with E-state index in [2.05, 4.69) is 10.6 Å². The van der Waals surface area contributed by atoms with Crippen molar-refractivity contribution in [3.8, 4) is 11.1 Å². The zero-order valence-corrected chi connectivity index (χ0v) is 25.2. The van der Waals surface area contributed by atoms with Gasteiger partial charge in [-0.3, -0.25) is 14.4 Å². The molecule has 0 heterocycles. The first-order chi connectivity index (χ1) is 22.7. The Bertz CT molecular complexity index is 1930. The highest BCUT2D eigenvalue weighted by atomic mass is 32.2. The van der Waals surface area contributed by atoms with Crippen molar-refractivity contribution in [2.45, 2.75) is 4.90 Å². The molecule has 0 radical (unpaired) electrons. The standard InChI is InChI=1S/C36H25F4N3O3S/c37-28-20-29(38)33(40)34(32(28)39)43-31(44)21-47-27-13-7-12-26(19-27)41-36(46)30(42-35(45)25-10-5-2-6-11-25)18-22-14-16-24(17-15-22)23-8-3-1-4-9-23/h1-20H,21H2,(H,41,46)(H,42,45)(H,43,44)/b30-18+. The molecule has 0 aliphatic rings. The van der Waals surface area contributed by atoms with Gasteiger partial charge in [-0.1, -0.05) is 78.9 Å². The van der Waals surface area contributed by atoms with Gasteiger partial charge in [0.1, 0.15) is 11.4 Å². The number of rotatable bonds is 10. The van der Waals surface area contributed by atoms with Crippen LogP contribution in [0.3, 0.4) is 0 Å². The molecule has 0 bridgehead atoms. The van der Waals surface area contributed by atoms with Gasteiger partial charge >= 0.3 is 0 Å². The number of carbonyl (C=O) groups is 3. The van der Waals surface area contributed by atoms with Crippen LogP contribution in [0.2, 0.25) is 0 Å².